The van der Waals surface area contributed by atoms with Gasteiger partial charge in [-0.1, -0.05) is 0 Å². The van der Waals surface area contributed by atoms with Crippen LogP contribution < -0.4 is 0 Å². The van der Waals surface area contributed by atoms with Gasteiger partial charge in [-0.2, -0.15) is 0 Å². The minimum absolute atomic E-state index is 0. The van der Waals surface area contributed by atoms with Gasteiger partial charge >= 0.3 is 93.3 Å². The fourth-order valence-corrected chi connectivity index (χ4v) is 4.03. The summed E-state index contributed by atoms with van der Waals surface area (Å²) in [5.74, 6) is 0. The van der Waals surface area contributed by atoms with Crippen LogP contribution in [0.25, 0.3) is 0 Å². The first-order chi connectivity index (χ1) is 5.28. The van der Waals surface area contributed by atoms with E-state index in [0.717, 1.165) is 0 Å². The molecule has 0 fully saturated rings. The van der Waals surface area contributed by atoms with Crippen LogP contribution in [0.4, 0.5) is 0 Å². The van der Waals surface area contributed by atoms with E-state index in [-0.39, 0.29) is 17.0 Å². The Balaban J connectivity index is 0. The Bertz CT molecular complexity index is 75.1. The maximum atomic E-state index is 2.63. The molecule has 0 heterocycles. The molecule has 12 heavy (non-hydrogen) atoms. The second-order valence-corrected chi connectivity index (χ2v) is 7.14. The number of hydrogen-bond acceptors (Lipinski definition) is 2. The fraction of sp³-hybridized carbons (Fsp3) is 1.00. The van der Waals surface area contributed by atoms with Crippen LogP contribution in [0.5, 0.6) is 0 Å². The molecule has 0 amide bonds. The van der Waals surface area contributed by atoms with Crippen molar-refractivity contribution in [2.75, 3.05) is 26.2 Å². The predicted octanol–water partition coefficient (Wildman–Crippen LogP) is 2.16. The molecule has 0 atom stereocenters. The van der Waals surface area contributed by atoms with Crippen molar-refractivity contribution >= 4 is 17.0 Å². The number of rotatable bonds is 6. The first kappa shape index (κ1) is 16.2. The zero-order chi connectivity index (χ0) is 8.69. The van der Waals surface area contributed by atoms with E-state index in [4.69, 9.17) is 0 Å². The van der Waals surface area contributed by atoms with Crippen molar-refractivity contribution in [3.63, 3.8) is 0 Å². The first-order valence-electron chi connectivity index (χ1n) is 4.54. The molecule has 0 aromatic carbocycles. The van der Waals surface area contributed by atoms with Crippen LogP contribution in [0.2, 0.25) is 0 Å². The van der Waals surface area contributed by atoms with E-state index in [1.165, 1.54) is 26.2 Å². The van der Waals surface area contributed by atoms with Crippen LogP contribution in [0.15, 0.2) is 0 Å². The van der Waals surface area contributed by atoms with Crippen LogP contribution in [0.3, 0.4) is 0 Å². The monoisotopic (exact) mass is 366 g/mol. The summed E-state index contributed by atoms with van der Waals surface area (Å²) in [6.07, 6.45) is 0. The summed E-state index contributed by atoms with van der Waals surface area (Å²) in [5.41, 5.74) is 0. The molecular weight excluding hydrogens is 348 g/mol. The molecule has 0 aliphatic rings. The van der Waals surface area contributed by atoms with E-state index < -0.39 is 37.5 Å². The van der Waals surface area contributed by atoms with Gasteiger partial charge in [0.2, 0.25) is 0 Å². The van der Waals surface area contributed by atoms with Crippen molar-refractivity contribution < 1.29 is 37.5 Å². The predicted molar refractivity (Wildman–Crippen MR) is 56.2 cm³/mol. The quantitative estimate of drug-likeness (QED) is 0.708. The Morgan fingerprint density at radius 2 is 1.00 bits per heavy atom. The van der Waals surface area contributed by atoms with E-state index >= 15 is 0 Å². The molecule has 0 N–H and O–H groups in total. The molecule has 74 valence electrons. The Kier molecular flexibility index (Phi) is 14.6. The molecule has 0 saturated carbocycles. The van der Waals surface area contributed by atoms with Crippen LogP contribution in [-0.4, -0.2) is 28.1 Å². The zero-order valence-electron chi connectivity index (χ0n) is 8.63. The van der Waals surface area contributed by atoms with Gasteiger partial charge in [0.1, 0.15) is 0 Å². The van der Waals surface area contributed by atoms with Crippen molar-refractivity contribution in [3.05, 3.63) is 0 Å². The van der Waals surface area contributed by atoms with Crippen molar-refractivity contribution in [1.82, 2.24) is 1.97 Å². The van der Waals surface area contributed by atoms with E-state index in [1.54, 1.807) is 0 Å². The molecule has 0 bridgehead atoms. The van der Waals surface area contributed by atoms with Crippen molar-refractivity contribution in [2.24, 2.45) is 0 Å². The van der Waals surface area contributed by atoms with Gasteiger partial charge in [0.25, 0.3) is 0 Å². The molecule has 0 unspecified atom stereocenters. The SMILES string of the molecule is Br.CC[N](CC)[Nd][N](CC)CC. The van der Waals surface area contributed by atoms with Crippen molar-refractivity contribution in [3.8, 4) is 0 Å². The average Bonchev–Trinajstić information content (AvgIpc) is 2.07. The summed E-state index contributed by atoms with van der Waals surface area (Å²) >= 11 is -0.582. The molecule has 0 spiro atoms. The van der Waals surface area contributed by atoms with Gasteiger partial charge in [0.15, 0.2) is 0 Å². The number of hydrogen-bond donors (Lipinski definition) is 0. The Hall–Kier alpha value is 1.75. The third kappa shape index (κ3) is 7.18. The number of halogens is 1. The van der Waals surface area contributed by atoms with Crippen LogP contribution in [-0.2, 0) is 0 Å². The molecule has 0 aliphatic carbocycles. The molecule has 0 saturated heterocycles. The average molecular weight is 369 g/mol. The minimum atomic E-state index is -0.582. The summed E-state index contributed by atoms with van der Waals surface area (Å²) in [5, 5.41) is 0. The van der Waals surface area contributed by atoms with E-state index in [2.05, 4.69) is 29.7 Å². The Labute approximate surface area is 109 Å². The summed E-state index contributed by atoms with van der Waals surface area (Å²) < 4.78 is 5.26. The molecule has 0 aliphatic heterocycles. The molecule has 0 rings (SSSR count). The third-order valence-electron chi connectivity index (χ3n) is 1.81. The maximum absolute atomic E-state index is 2.63. The summed E-state index contributed by atoms with van der Waals surface area (Å²) in [4.78, 5) is 0. The Morgan fingerprint density at radius 1 is 0.750 bits per heavy atom. The molecule has 4 heteroatoms. The second-order valence-electron chi connectivity index (χ2n) is 2.44. The molecular formula is C8H21BrN2Nd. The van der Waals surface area contributed by atoms with Gasteiger partial charge in [-0.05, 0) is 0 Å². The summed E-state index contributed by atoms with van der Waals surface area (Å²) in [6, 6.07) is 0. The van der Waals surface area contributed by atoms with Crippen LogP contribution >= 0.6 is 17.0 Å². The van der Waals surface area contributed by atoms with E-state index in [9.17, 15) is 0 Å². The fourth-order valence-electron chi connectivity index (χ4n) is 0.930. The van der Waals surface area contributed by atoms with Gasteiger partial charge < -0.3 is 0 Å². The summed E-state index contributed by atoms with van der Waals surface area (Å²) in [6.45, 7) is 14.0. The zero-order valence-corrected chi connectivity index (χ0v) is 13.6. The molecule has 0 aromatic heterocycles. The van der Waals surface area contributed by atoms with E-state index in [1.807, 2.05) is 0 Å². The third-order valence-corrected chi connectivity index (χ3v) is 7.68. The Morgan fingerprint density at radius 3 is 1.17 bits per heavy atom. The van der Waals surface area contributed by atoms with Gasteiger partial charge in [-0.25, -0.2) is 0 Å². The van der Waals surface area contributed by atoms with Crippen molar-refractivity contribution in [2.45, 2.75) is 27.7 Å². The van der Waals surface area contributed by atoms with Crippen molar-refractivity contribution in [1.29, 1.82) is 0 Å². The molecule has 0 aromatic rings. The molecule has 0 radical (unpaired) electrons. The normalized spacial score (nSPS) is 10.2. The summed E-state index contributed by atoms with van der Waals surface area (Å²) in [7, 11) is 0. The topological polar surface area (TPSA) is 6.48 Å². The van der Waals surface area contributed by atoms with Gasteiger partial charge in [-0.3, -0.25) is 0 Å². The molecule has 2 nitrogen and oxygen atoms in total. The second kappa shape index (κ2) is 10.8. The number of nitrogens with zero attached hydrogens (tertiary/aromatic N) is 2. The standard InChI is InChI=1S/2C4H10N.BrH.Nd/c2*1-3-5-4-2;;/h2*3-4H2,1-2H3;1H;/q2*-1;;+2. The van der Waals surface area contributed by atoms with Gasteiger partial charge in [-0.15, -0.1) is 17.0 Å². The first-order valence-corrected chi connectivity index (χ1v) is 7.41. The van der Waals surface area contributed by atoms with Gasteiger partial charge in [0, 0.05) is 0 Å². The van der Waals surface area contributed by atoms with E-state index in [0.29, 0.717) is 0 Å². The van der Waals surface area contributed by atoms with Gasteiger partial charge in [0.05, 0.1) is 0 Å². The van der Waals surface area contributed by atoms with Crippen LogP contribution in [0.1, 0.15) is 27.7 Å². The van der Waals surface area contributed by atoms with Crippen LogP contribution in [0, 0.1) is 37.5 Å².